The fraction of sp³-hybridized carbons (Fsp3) is 0.946. The molecule has 5 atom stereocenters. The van der Waals surface area contributed by atoms with E-state index in [1.54, 1.807) is 0 Å². The molecule has 0 aromatic carbocycles. The molecule has 0 aliphatic carbocycles. The molecule has 0 aliphatic heterocycles. The number of aliphatic hydroxyl groups is 1. The molecule has 0 saturated heterocycles. The first-order valence-corrected chi connectivity index (χ1v) is 41.6. The van der Waals surface area contributed by atoms with Gasteiger partial charge in [0.05, 0.1) is 26.4 Å². The van der Waals surface area contributed by atoms with Gasteiger partial charge in [-0.3, -0.25) is 37.3 Å². The lowest BCUT2D eigenvalue weighted by atomic mass is 10.0. The highest BCUT2D eigenvalue weighted by molar-refractivity contribution is 7.47. The van der Waals surface area contributed by atoms with Crippen LogP contribution in [0.1, 0.15) is 388 Å². The molecule has 0 spiro atoms. The molecule has 0 bridgehead atoms. The van der Waals surface area contributed by atoms with Crippen LogP contribution in [0.15, 0.2) is 0 Å². The second-order valence-electron chi connectivity index (χ2n) is 27.2. The summed E-state index contributed by atoms with van der Waals surface area (Å²) in [7, 11) is -9.90. The van der Waals surface area contributed by atoms with Gasteiger partial charge < -0.3 is 33.8 Å². The lowest BCUT2D eigenvalue weighted by Crippen LogP contribution is -2.30. The zero-order chi connectivity index (χ0) is 68.4. The number of rotatable bonds is 74. The molecule has 0 heterocycles. The fourth-order valence-corrected chi connectivity index (χ4v) is 12.9. The Morgan fingerprint density at radius 1 is 0.290 bits per heavy atom. The summed E-state index contributed by atoms with van der Waals surface area (Å²) in [5.74, 6) is -1.36. The lowest BCUT2D eigenvalue weighted by Gasteiger charge is -2.21. The minimum absolute atomic E-state index is 0.107. The van der Waals surface area contributed by atoms with Crippen LogP contribution in [0, 0.1) is 5.92 Å². The molecule has 0 aromatic heterocycles. The van der Waals surface area contributed by atoms with E-state index >= 15 is 0 Å². The summed E-state index contributed by atoms with van der Waals surface area (Å²) in [6.07, 6.45) is 55.6. The average Bonchev–Trinajstić information content (AvgIpc) is 3.28. The SMILES string of the molecule is CCCCCCCCCCCCCCCCCCCCCCC(=O)O[C@H](COC(=O)CCCCCCCCCCCCC(C)C)COP(=O)(O)OC[C@@H](O)COP(=O)(O)OC[C@@H](COC(=O)CCCCCCCCCC)OC(=O)CCCCCCCCCCCCCC. The van der Waals surface area contributed by atoms with Crippen molar-refractivity contribution < 1.29 is 80.2 Å². The molecule has 0 aliphatic rings. The summed E-state index contributed by atoms with van der Waals surface area (Å²) in [5, 5.41) is 10.6. The maximum absolute atomic E-state index is 13.1. The molecule has 0 rings (SSSR count). The molecule has 3 N–H and O–H groups in total. The van der Waals surface area contributed by atoms with Crippen LogP contribution >= 0.6 is 15.6 Å². The molecule has 19 heteroatoms. The van der Waals surface area contributed by atoms with Crippen LogP contribution < -0.4 is 0 Å². The number of hydrogen-bond acceptors (Lipinski definition) is 15. The molecule has 0 amide bonds. The van der Waals surface area contributed by atoms with Crippen LogP contribution in [0.5, 0.6) is 0 Å². The average molecular weight is 1370 g/mol. The van der Waals surface area contributed by atoms with E-state index in [2.05, 4.69) is 34.6 Å². The maximum atomic E-state index is 13.1. The van der Waals surface area contributed by atoms with E-state index in [1.807, 2.05) is 0 Å². The number of unbranched alkanes of at least 4 members (excludes halogenated alkanes) is 46. The molecule has 552 valence electrons. The summed E-state index contributed by atoms with van der Waals surface area (Å²) >= 11 is 0. The van der Waals surface area contributed by atoms with Crippen LogP contribution in [0.4, 0.5) is 0 Å². The number of phosphoric ester groups is 2. The topological polar surface area (TPSA) is 237 Å². The second kappa shape index (κ2) is 67.3. The molecular weight excluding hydrogens is 1220 g/mol. The van der Waals surface area contributed by atoms with Crippen molar-refractivity contribution in [2.75, 3.05) is 39.6 Å². The number of carbonyl (C=O) groups excluding carboxylic acids is 4. The highest BCUT2D eigenvalue weighted by Gasteiger charge is 2.30. The van der Waals surface area contributed by atoms with Gasteiger partial charge in [-0.25, -0.2) is 9.13 Å². The van der Waals surface area contributed by atoms with Crippen molar-refractivity contribution in [2.45, 2.75) is 406 Å². The zero-order valence-electron chi connectivity index (χ0n) is 60.4. The van der Waals surface area contributed by atoms with Gasteiger partial charge in [0.25, 0.3) is 0 Å². The number of ether oxygens (including phenoxy) is 4. The molecule has 0 saturated carbocycles. The van der Waals surface area contributed by atoms with Gasteiger partial charge in [-0.1, -0.05) is 336 Å². The van der Waals surface area contributed by atoms with Crippen molar-refractivity contribution in [3.05, 3.63) is 0 Å². The maximum Gasteiger partial charge on any atom is 0.472 e. The Hall–Kier alpha value is -1.94. The van der Waals surface area contributed by atoms with Gasteiger partial charge in [0.15, 0.2) is 12.2 Å². The molecule has 0 aromatic rings. The third kappa shape index (κ3) is 68.4. The molecule has 2 unspecified atom stereocenters. The smallest absolute Gasteiger partial charge is 0.462 e. The number of phosphoric acid groups is 2. The quantitative estimate of drug-likeness (QED) is 0.0222. The van der Waals surface area contributed by atoms with Crippen LogP contribution in [-0.4, -0.2) is 96.7 Å². The van der Waals surface area contributed by atoms with E-state index in [0.29, 0.717) is 25.7 Å². The van der Waals surface area contributed by atoms with Crippen molar-refractivity contribution in [1.82, 2.24) is 0 Å². The first-order chi connectivity index (χ1) is 45.0. The first-order valence-electron chi connectivity index (χ1n) is 38.6. The van der Waals surface area contributed by atoms with E-state index in [4.69, 9.17) is 37.0 Å². The van der Waals surface area contributed by atoms with Gasteiger partial charge in [0.2, 0.25) is 0 Å². The van der Waals surface area contributed by atoms with E-state index in [9.17, 15) is 43.2 Å². The highest BCUT2D eigenvalue weighted by atomic mass is 31.2. The van der Waals surface area contributed by atoms with Gasteiger partial charge in [0, 0.05) is 25.7 Å². The normalized spacial score (nSPS) is 14.0. The minimum atomic E-state index is -4.95. The Bertz CT molecular complexity index is 1790. The largest absolute Gasteiger partial charge is 0.472 e. The zero-order valence-corrected chi connectivity index (χ0v) is 62.2. The first kappa shape index (κ1) is 91.1. The van der Waals surface area contributed by atoms with E-state index in [0.717, 1.165) is 102 Å². The molecule has 17 nitrogen and oxygen atoms in total. The second-order valence-corrected chi connectivity index (χ2v) is 30.1. The molecular formula is C74H144O17P2. The van der Waals surface area contributed by atoms with Crippen molar-refractivity contribution in [3.8, 4) is 0 Å². The van der Waals surface area contributed by atoms with Gasteiger partial charge in [-0.2, -0.15) is 0 Å². The van der Waals surface area contributed by atoms with E-state index < -0.39 is 97.5 Å². The van der Waals surface area contributed by atoms with Crippen molar-refractivity contribution in [2.24, 2.45) is 5.92 Å². The number of hydrogen-bond donors (Lipinski definition) is 3. The lowest BCUT2D eigenvalue weighted by molar-refractivity contribution is -0.161. The Labute approximate surface area is 568 Å². The van der Waals surface area contributed by atoms with Gasteiger partial charge in [0.1, 0.15) is 19.3 Å². The Kier molecular flexibility index (Phi) is 65.9. The summed E-state index contributed by atoms with van der Waals surface area (Å²) < 4.78 is 68.4. The molecule has 0 radical (unpaired) electrons. The predicted octanol–water partition coefficient (Wildman–Crippen LogP) is 21.7. The van der Waals surface area contributed by atoms with Crippen LogP contribution in [0.3, 0.4) is 0 Å². The van der Waals surface area contributed by atoms with Crippen LogP contribution in [0.2, 0.25) is 0 Å². The minimum Gasteiger partial charge on any atom is -0.462 e. The van der Waals surface area contributed by atoms with Gasteiger partial charge in [-0.15, -0.1) is 0 Å². The Balaban J connectivity index is 5.18. The number of carbonyl (C=O) groups is 4. The summed E-state index contributed by atoms with van der Waals surface area (Å²) in [6, 6.07) is 0. The summed E-state index contributed by atoms with van der Waals surface area (Å²) in [4.78, 5) is 72.6. The summed E-state index contributed by atoms with van der Waals surface area (Å²) in [6.45, 7) is 7.24. The standard InChI is InChI=1S/C74H144O17P2/c1-6-9-12-15-18-21-23-25-26-27-28-29-30-31-32-34-40-45-50-55-60-74(79)91-70(64-85-72(77)58-53-48-43-38-36-35-37-41-46-51-56-67(4)5)66-89-93(82,83)87-62-68(75)61-86-92(80,81)88-65-69(63-84-71(76)57-52-47-42-20-17-14-11-8-3)90-73(78)59-54-49-44-39-33-24-22-19-16-13-10-7-2/h67-70,75H,6-66H2,1-5H3,(H,80,81)(H,82,83)/t68-,69+,70+/m0/s1. The Morgan fingerprint density at radius 3 is 0.731 bits per heavy atom. The van der Waals surface area contributed by atoms with E-state index in [-0.39, 0.29) is 25.7 Å². The van der Waals surface area contributed by atoms with Crippen molar-refractivity contribution in [3.63, 3.8) is 0 Å². The molecule has 0 fully saturated rings. The number of aliphatic hydroxyl groups excluding tert-OH is 1. The van der Waals surface area contributed by atoms with Gasteiger partial charge >= 0.3 is 39.5 Å². The van der Waals surface area contributed by atoms with Gasteiger partial charge in [-0.05, 0) is 31.6 Å². The number of esters is 4. The third-order valence-corrected chi connectivity index (χ3v) is 19.2. The van der Waals surface area contributed by atoms with Crippen molar-refractivity contribution in [1.29, 1.82) is 0 Å². The predicted molar refractivity (Wildman–Crippen MR) is 377 cm³/mol. The third-order valence-electron chi connectivity index (χ3n) is 17.3. The molecule has 93 heavy (non-hydrogen) atoms. The van der Waals surface area contributed by atoms with Crippen LogP contribution in [-0.2, 0) is 65.4 Å². The Morgan fingerprint density at radius 2 is 0.495 bits per heavy atom. The highest BCUT2D eigenvalue weighted by Crippen LogP contribution is 2.45. The summed E-state index contributed by atoms with van der Waals surface area (Å²) in [5.41, 5.74) is 0. The monoisotopic (exact) mass is 1370 g/mol. The fourth-order valence-electron chi connectivity index (χ4n) is 11.4. The van der Waals surface area contributed by atoms with Crippen LogP contribution in [0.25, 0.3) is 0 Å². The van der Waals surface area contributed by atoms with Crippen molar-refractivity contribution >= 4 is 39.5 Å². The van der Waals surface area contributed by atoms with E-state index in [1.165, 1.54) is 205 Å².